The van der Waals surface area contributed by atoms with Crippen LogP contribution in [0.4, 0.5) is 4.39 Å². The van der Waals surface area contributed by atoms with Gasteiger partial charge in [-0.25, -0.2) is 4.39 Å². The van der Waals surface area contributed by atoms with Crippen molar-refractivity contribution in [3.05, 3.63) is 81.9 Å². The van der Waals surface area contributed by atoms with Gasteiger partial charge in [-0.3, -0.25) is 4.98 Å². The first-order valence-electron chi connectivity index (χ1n) is 8.14. The van der Waals surface area contributed by atoms with Gasteiger partial charge in [0.15, 0.2) is 0 Å². The van der Waals surface area contributed by atoms with Gasteiger partial charge in [-0.2, -0.15) is 0 Å². The van der Waals surface area contributed by atoms with E-state index in [1.807, 2.05) is 30.3 Å². The zero-order valence-corrected chi connectivity index (χ0v) is 14.8. The molecule has 1 unspecified atom stereocenters. The van der Waals surface area contributed by atoms with Gasteiger partial charge < -0.3 is 10.5 Å². The fraction of sp³-hybridized carbons (Fsp3) is 0.250. The Kier molecular flexibility index (Phi) is 5.63. The second-order valence-electron chi connectivity index (χ2n) is 5.97. The second kappa shape index (κ2) is 7.91. The lowest BCUT2D eigenvalue weighted by atomic mass is 9.88. The van der Waals surface area contributed by atoms with E-state index in [2.05, 4.69) is 4.98 Å². The highest BCUT2D eigenvalue weighted by molar-refractivity contribution is 6.30. The summed E-state index contributed by atoms with van der Waals surface area (Å²) in [6.45, 7) is 0.395. The van der Waals surface area contributed by atoms with Gasteiger partial charge in [-0.15, -0.1) is 0 Å². The van der Waals surface area contributed by atoms with Crippen molar-refractivity contribution in [1.82, 2.24) is 4.98 Å². The quantitative estimate of drug-likeness (QED) is 0.858. The van der Waals surface area contributed by atoms with Crippen LogP contribution in [-0.2, 0) is 17.7 Å². The van der Waals surface area contributed by atoms with E-state index in [9.17, 15) is 0 Å². The van der Waals surface area contributed by atoms with Gasteiger partial charge in [0.25, 0.3) is 0 Å². The third-order valence-corrected chi connectivity index (χ3v) is 4.56. The van der Waals surface area contributed by atoms with Crippen LogP contribution in [0.2, 0.25) is 5.02 Å². The molecule has 130 valence electrons. The number of benzene rings is 1. The maximum atomic E-state index is 15.2. The fourth-order valence-electron chi connectivity index (χ4n) is 3.00. The Balaban J connectivity index is 1.93. The number of nitrogens with zero attached hydrogens (tertiary/aromatic N) is 1. The standard InChI is InChI=1S/C20H20ClFN2O/c1-25-18-8-6-15(9-13-5-7-17(11-23)24-12-13)20(22)19(18)14-3-2-4-16(21)10-14/h2-7,10,12,18H,8-9,11,23H2,1H3. The van der Waals surface area contributed by atoms with E-state index in [0.717, 1.165) is 16.8 Å². The van der Waals surface area contributed by atoms with Crippen molar-refractivity contribution in [2.75, 3.05) is 7.11 Å². The molecular weight excluding hydrogens is 339 g/mol. The van der Waals surface area contributed by atoms with Crippen LogP contribution in [0.15, 0.2) is 60.1 Å². The first-order chi connectivity index (χ1) is 12.1. The van der Waals surface area contributed by atoms with Crippen molar-refractivity contribution in [2.45, 2.75) is 25.5 Å². The molecule has 1 aliphatic rings. The molecule has 1 heterocycles. The van der Waals surface area contributed by atoms with Gasteiger partial charge in [0.05, 0.1) is 11.8 Å². The molecule has 1 aromatic heterocycles. The van der Waals surface area contributed by atoms with Crippen LogP contribution < -0.4 is 5.73 Å². The maximum absolute atomic E-state index is 15.2. The molecule has 0 saturated carbocycles. The predicted octanol–water partition coefficient (Wildman–Crippen LogP) is 4.46. The lowest BCUT2D eigenvalue weighted by Gasteiger charge is -2.25. The molecular formula is C20H20ClFN2O. The summed E-state index contributed by atoms with van der Waals surface area (Å²) < 4.78 is 20.7. The normalized spacial score (nSPS) is 17.6. The number of ether oxygens (including phenoxy) is 1. The highest BCUT2D eigenvalue weighted by atomic mass is 35.5. The van der Waals surface area contributed by atoms with Gasteiger partial charge in [-0.05, 0) is 41.3 Å². The highest BCUT2D eigenvalue weighted by Crippen LogP contribution is 2.37. The van der Waals surface area contributed by atoms with E-state index in [1.54, 1.807) is 25.4 Å². The number of aromatic nitrogens is 1. The molecule has 3 rings (SSSR count). The van der Waals surface area contributed by atoms with E-state index >= 15 is 4.39 Å². The van der Waals surface area contributed by atoms with Crippen molar-refractivity contribution in [3.63, 3.8) is 0 Å². The van der Waals surface area contributed by atoms with Crippen LogP contribution in [0.25, 0.3) is 5.57 Å². The zero-order valence-electron chi connectivity index (χ0n) is 14.0. The molecule has 1 aromatic carbocycles. The minimum absolute atomic E-state index is 0.247. The topological polar surface area (TPSA) is 48.1 Å². The van der Waals surface area contributed by atoms with E-state index < -0.39 is 0 Å². The summed E-state index contributed by atoms with van der Waals surface area (Å²) in [7, 11) is 1.59. The molecule has 1 aliphatic carbocycles. The molecule has 2 N–H and O–H groups in total. The number of allylic oxidation sites excluding steroid dienone is 2. The Bertz CT molecular complexity index is 815. The number of methoxy groups -OCH3 is 1. The van der Waals surface area contributed by atoms with Gasteiger partial charge in [0, 0.05) is 36.9 Å². The highest BCUT2D eigenvalue weighted by Gasteiger charge is 2.26. The summed E-state index contributed by atoms with van der Waals surface area (Å²) in [6, 6.07) is 11.0. The second-order valence-corrected chi connectivity index (χ2v) is 6.40. The lowest BCUT2D eigenvalue weighted by molar-refractivity contribution is 0.148. The minimum Gasteiger partial charge on any atom is -0.376 e. The Morgan fingerprint density at radius 2 is 2.16 bits per heavy atom. The van der Waals surface area contributed by atoms with Crippen LogP contribution in [0.1, 0.15) is 23.2 Å². The van der Waals surface area contributed by atoms with Gasteiger partial charge in [0.2, 0.25) is 0 Å². The summed E-state index contributed by atoms with van der Waals surface area (Å²) in [4.78, 5) is 4.27. The van der Waals surface area contributed by atoms with E-state index in [0.29, 0.717) is 35.6 Å². The third-order valence-electron chi connectivity index (χ3n) is 4.33. The smallest absolute Gasteiger partial charge is 0.132 e. The molecule has 0 spiro atoms. The van der Waals surface area contributed by atoms with Gasteiger partial charge in [-0.1, -0.05) is 35.9 Å². The predicted molar refractivity (Wildman–Crippen MR) is 98.8 cm³/mol. The molecule has 0 bridgehead atoms. The number of hydrogen-bond donors (Lipinski definition) is 1. The van der Waals surface area contributed by atoms with Crippen molar-refractivity contribution in [2.24, 2.45) is 5.73 Å². The molecule has 0 radical (unpaired) electrons. The Morgan fingerprint density at radius 1 is 1.32 bits per heavy atom. The summed E-state index contributed by atoms with van der Waals surface area (Å²) in [6.07, 6.45) is 4.42. The summed E-state index contributed by atoms with van der Waals surface area (Å²) >= 11 is 6.08. The van der Waals surface area contributed by atoms with E-state index in [1.165, 1.54) is 0 Å². The van der Waals surface area contributed by atoms with Crippen LogP contribution in [0.3, 0.4) is 0 Å². The number of hydrogen-bond acceptors (Lipinski definition) is 3. The summed E-state index contributed by atoms with van der Waals surface area (Å²) in [5.41, 5.74) is 9.27. The average Bonchev–Trinajstić information content (AvgIpc) is 2.63. The summed E-state index contributed by atoms with van der Waals surface area (Å²) in [5.74, 6) is -0.247. The third kappa shape index (κ3) is 3.98. The molecule has 0 aliphatic heterocycles. The number of pyridine rings is 1. The van der Waals surface area contributed by atoms with Crippen molar-refractivity contribution >= 4 is 17.2 Å². The average molecular weight is 359 g/mol. The molecule has 2 aromatic rings. The maximum Gasteiger partial charge on any atom is 0.132 e. The largest absolute Gasteiger partial charge is 0.376 e. The van der Waals surface area contributed by atoms with Gasteiger partial charge >= 0.3 is 0 Å². The molecule has 5 heteroatoms. The SMILES string of the molecule is COC1CC=C(Cc2ccc(CN)nc2)C(F)=C1c1cccc(Cl)c1. The number of nitrogens with two attached hydrogens (primary N) is 1. The summed E-state index contributed by atoms with van der Waals surface area (Å²) in [5, 5.41) is 0.574. The number of rotatable bonds is 5. The first kappa shape index (κ1) is 17.8. The lowest BCUT2D eigenvalue weighted by Crippen LogP contribution is -2.18. The van der Waals surface area contributed by atoms with E-state index in [4.69, 9.17) is 22.1 Å². The fourth-order valence-corrected chi connectivity index (χ4v) is 3.19. The van der Waals surface area contributed by atoms with Crippen molar-refractivity contribution < 1.29 is 9.13 Å². The van der Waals surface area contributed by atoms with Crippen LogP contribution >= 0.6 is 11.6 Å². The van der Waals surface area contributed by atoms with Crippen molar-refractivity contribution in [1.29, 1.82) is 0 Å². The molecule has 0 saturated heterocycles. The molecule has 0 amide bonds. The number of halogens is 2. The van der Waals surface area contributed by atoms with E-state index in [-0.39, 0.29) is 11.9 Å². The van der Waals surface area contributed by atoms with Crippen LogP contribution in [-0.4, -0.2) is 18.2 Å². The Morgan fingerprint density at radius 3 is 2.80 bits per heavy atom. The monoisotopic (exact) mass is 358 g/mol. The molecule has 25 heavy (non-hydrogen) atoms. The van der Waals surface area contributed by atoms with Crippen molar-refractivity contribution in [3.8, 4) is 0 Å². The minimum atomic E-state index is -0.319. The molecule has 1 atom stereocenters. The molecule has 3 nitrogen and oxygen atoms in total. The van der Waals surface area contributed by atoms with Gasteiger partial charge in [0.1, 0.15) is 5.83 Å². The van der Waals surface area contributed by atoms with Crippen LogP contribution in [0.5, 0.6) is 0 Å². The Labute approximate surface area is 152 Å². The van der Waals surface area contributed by atoms with Crippen LogP contribution in [0, 0.1) is 0 Å². The Hall–Kier alpha value is -2.01. The molecule has 0 fully saturated rings. The first-order valence-corrected chi connectivity index (χ1v) is 8.52. The zero-order chi connectivity index (χ0) is 17.8.